The lowest BCUT2D eigenvalue weighted by atomic mass is 9.56. The summed E-state index contributed by atoms with van der Waals surface area (Å²) in [6.07, 6.45) is 15.2. The van der Waals surface area contributed by atoms with E-state index in [0.717, 1.165) is 56.8 Å². The molecule has 4 fully saturated rings. The van der Waals surface area contributed by atoms with Gasteiger partial charge in [0.2, 0.25) is 0 Å². The highest BCUT2D eigenvalue weighted by molar-refractivity contribution is 6.64. The van der Waals surface area contributed by atoms with E-state index in [4.69, 9.17) is 13.3 Å². The fourth-order valence-electron chi connectivity index (χ4n) is 6.12. The Morgan fingerprint density at radius 3 is 1.31 bits per heavy atom. The maximum atomic E-state index is 6.74. The average Bonchev–Trinajstić information content (AvgIpc) is 2.60. The minimum Gasteiger partial charge on any atom is -0.373 e. The van der Waals surface area contributed by atoms with Crippen molar-refractivity contribution in [2.45, 2.75) is 103 Å². The Morgan fingerprint density at radius 1 is 0.654 bits per heavy atom. The predicted molar refractivity (Wildman–Crippen MR) is 109 cm³/mol. The lowest BCUT2D eigenvalue weighted by Crippen LogP contribution is -2.62. The fraction of sp³-hybridized carbons (Fsp3) is 1.00. The van der Waals surface area contributed by atoms with Crippen LogP contribution in [0.4, 0.5) is 0 Å². The smallest absolute Gasteiger partial charge is 0.373 e. The molecule has 152 valence electrons. The third kappa shape index (κ3) is 4.39. The molecule has 0 aromatic rings. The van der Waals surface area contributed by atoms with Crippen LogP contribution in [0, 0.1) is 17.8 Å². The summed E-state index contributed by atoms with van der Waals surface area (Å²) >= 11 is 0. The molecule has 4 saturated carbocycles. The third-order valence-corrected chi connectivity index (χ3v) is 10.7. The van der Waals surface area contributed by atoms with Crippen LogP contribution in [-0.4, -0.2) is 28.6 Å². The third-order valence-electron chi connectivity index (χ3n) is 7.06. The van der Waals surface area contributed by atoms with E-state index in [9.17, 15) is 0 Å². The summed E-state index contributed by atoms with van der Waals surface area (Å²) in [5.41, 5.74) is 0. The molecular formula is C22H42O3Si. The summed E-state index contributed by atoms with van der Waals surface area (Å²) in [6.45, 7) is 9.20. The van der Waals surface area contributed by atoms with E-state index >= 15 is 0 Å². The molecule has 0 unspecified atom stereocenters. The van der Waals surface area contributed by atoms with Gasteiger partial charge < -0.3 is 13.3 Å². The summed E-state index contributed by atoms with van der Waals surface area (Å²) in [6, 6.07) is 0. The molecule has 0 N–H and O–H groups in total. The first-order valence-corrected chi connectivity index (χ1v) is 13.3. The van der Waals surface area contributed by atoms with Gasteiger partial charge in [-0.3, -0.25) is 0 Å². The number of unbranched alkanes of at least 4 members (excludes halogenated alkanes) is 3. The monoisotopic (exact) mass is 382 g/mol. The lowest BCUT2D eigenvalue weighted by Gasteiger charge is -2.60. The summed E-state index contributed by atoms with van der Waals surface area (Å²) in [4.78, 5) is 0. The maximum Gasteiger partial charge on any atom is 0.507 e. The molecule has 4 rings (SSSR count). The van der Waals surface area contributed by atoms with Crippen LogP contribution < -0.4 is 0 Å². The minimum atomic E-state index is -2.66. The van der Waals surface area contributed by atoms with Crippen molar-refractivity contribution >= 4 is 8.80 Å². The van der Waals surface area contributed by atoms with Gasteiger partial charge in [-0.05, 0) is 75.5 Å². The van der Waals surface area contributed by atoms with Crippen LogP contribution in [0.15, 0.2) is 0 Å². The van der Waals surface area contributed by atoms with Crippen LogP contribution in [0.2, 0.25) is 5.04 Å². The SMILES string of the molecule is CCCCO[Si](OCCCC)(OCCCC)C12CC3CC(CC(C3)C1)C2. The second-order valence-corrected chi connectivity index (χ2v) is 12.4. The van der Waals surface area contributed by atoms with Gasteiger partial charge >= 0.3 is 8.80 Å². The van der Waals surface area contributed by atoms with E-state index in [-0.39, 0.29) is 5.04 Å². The standard InChI is InChI=1S/C22H42O3Si/c1-4-7-10-23-26(24-11-8-5-2,25-12-9-6-3)22-16-19-13-20(17-22)15-21(14-19)18-22/h19-21H,4-18H2,1-3H3. The molecule has 4 heteroatoms. The number of rotatable bonds is 13. The van der Waals surface area contributed by atoms with Gasteiger partial charge in [-0.15, -0.1) is 0 Å². The van der Waals surface area contributed by atoms with Crippen LogP contribution in [0.5, 0.6) is 0 Å². The van der Waals surface area contributed by atoms with Gasteiger partial charge in [0.15, 0.2) is 0 Å². The molecule has 0 heterocycles. The second kappa shape index (κ2) is 9.53. The Labute approximate surface area is 162 Å². The van der Waals surface area contributed by atoms with E-state index in [1.165, 1.54) is 57.8 Å². The molecule has 0 aromatic heterocycles. The van der Waals surface area contributed by atoms with Crippen molar-refractivity contribution in [3.63, 3.8) is 0 Å². The fourth-order valence-corrected chi connectivity index (χ4v) is 10.1. The first-order valence-electron chi connectivity index (χ1n) is 11.6. The van der Waals surface area contributed by atoms with Crippen molar-refractivity contribution in [1.82, 2.24) is 0 Å². The lowest BCUT2D eigenvalue weighted by molar-refractivity contribution is -0.0436. The van der Waals surface area contributed by atoms with Gasteiger partial charge in [0.25, 0.3) is 0 Å². The number of hydrogen-bond donors (Lipinski definition) is 0. The molecule has 26 heavy (non-hydrogen) atoms. The second-order valence-electron chi connectivity index (χ2n) is 9.36. The molecular weight excluding hydrogens is 340 g/mol. The van der Waals surface area contributed by atoms with Crippen LogP contribution >= 0.6 is 0 Å². The molecule has 0 aliphatic heterocycles. The molecule has 0 atom stereocenters. The zero-order valence-electron chi connectivity index (χ0n) is 17.6. The molecule has 3 nitrogen and oxygen atoms in total. The quantitative estimate of drug-likeness (QED) is 0.274. The largest absolute Gasteiger partial charge is 0.507 e. The molecule has 0 saturated heterocycles. The van der Waals surface area contributed by atoms with Gasteiger partial charge in [0.05, 0.1) is 0 Å². The van der Waals surface area contributed by atoms with Crippen molar-refractivity contribution in [3.05, 3.63) is 0 Å². The summed E-state index contributed by atoms with van der Waals surface area (Å²) in [5.74, 6) is 2.73. The number of hydrogen-bond acceptors (Lipinski definition) is 3. The van der Waals surface area contributed by atoms with Gasteiger partial charge in [-0.2, -0.15) is 0 Å². The van der Waals surface area contributed by atoms with Gasteiger partial charge in [0, 0.05) is 24.9 Å². The highest BCUT2D eigenvalue weighted by atomic mass is 28.4. The summed E-state index contributed by atoms with van der Waals surface area (Å²) < 4.78 is 20.2. The Morgan fingerprint density at radius 2 is 1.00 bits per heavy atom. The first kappa shape index (κ1) is 20.8. The molecule has 0 aromatic carbocycles. The topological polar surface area (TPSA) is 27.7 Å². The van der Waals surface area contributed by atoms with Crippen molar-refractivity contribution in [1.29, 1.82) is 0 Å². The predicted octanol–water partition coefficient (Wildman–Crippen LogP) is 6.35. The van der Waals surface area contributed by atoms with Crippen LogP contribution in [0.3, 0.4) is 0 Å². The zero-order valence-corrected chi connectivity index (χ0v) is 18.6. The summed E-state index contributed by atoms with van der Waals surface area (Å²) in [5, 5.41) is 0.233. The van der Waals surface area contributed by atoms with Crippen LogP contribution in [0.25, 0.3) is 0 Å². The zero-order chi connectivity index (χ0) is 18.5. The van der Waals surface area contributed by atoms with Gasteiger partial charge in [0.1, 0.15) is 0 Å². The molecule has 4 bridgehead atoms. The molecule has 4 aliphatic carbocycles. The molecule has 0 spiro atoms. The van der Waals surface area contributed by atoms with Crippen molar-refractivity contribution in [2.24, 2.45) is 17.8 Å². The molecule has 0 amide bonds. The van der Waals surface area contributed by atoms with E-state index in [0.29, 0.717) is 0 Å². The van der Waals surface area contributed by atoms with Crippen molar-refractivity contribution < 1.29 is 13.3 Å². The summed E-state index contributed by atoms with van der Waals surface area (Å²) in [7, 11) is -2.66. The van der Waals surface area contributed by atoms with E-state index in [1.807, 2.05) is 0 Å². The van der Waals surface area contributed by atoms with Crippen molar-refractivity contribution in [2.75, 3.05) is 19.8 Å². The normalized spacial score (nSPS) is 33.1. The van der Waals surface area contributed by atoms with E-state index < -0.39 is 8.80 Å². The van der Waals surface area contributed by atoms with Gasteiger partial charge in [-0.1, -0.05) is 40.0 Å². The van der Waals surface area contributed by atoms with Crippen molar-refractivity contribution in [3.8, 4) is 0 Å². The van der Waals surface area contributed by atoms with Crippen LogP contribution in [0.1, 0.15) is 97.8 Å². The maximum absolute atomic E-state index is 6.74. The Hall–Kier alpha value is 0.0969. The Kier molecular flexibility index (Phi) is 7.63. The first-order chi connectivity index (χ1) is 12.7. The van der Waals surface area contributed by atoms with E-state index in [1.54, 1.807) is 0 Å². The van der Waals surface area contributed by atoms with E-state index in [2.05, 4.69) is 20.8 Å². The highest BCUT2D eigenvalue weighted by Gasteiger charge is 2.67. The average molecular weight is 383 g/mol. The molecule has 4 aliphatic rings. The van der Waals surface area contributed by atoms with Crippen LogP contribution in [-0.2, 0) is 13.3 Å². The Bertz CT molecular complexity index is 364. The minimum absolute atomic E-state index is 0.233. The van der Waals surface area contributed by atoms with Gasteiger partial charge in [-0.25, -0.2) is 0 Å². The Balaban J connectivity index is 1.82. The molecule has 0 radical (unpaired) electrons. The highest BCUT2D eigenvalue weighted by Crippen LogP contribution is 2.68.